The Morgan fingerprint density at radius 1 is 1.09 bits per heavy atom. The highest BCUT2D eigenvalue weighted by molar-refractivity contribution is 6.76. The van der Waals surface area contributed by atoms with Crippen LogP contribution in [0.3, 0.4) is 0 Å². The number of carboxylic acids is 1. The summed E-state index contributed by atoms with van der Waals surface area (Å²) in [5, 5.41) is 13.1. The molecule has 0 spiro atoms. The van der Waals surface area contributed by atoms with Crippen molar-refractivity contribution in [3.8, 4) is 5.75 Å². The molecule has 3 N–H and O–H groups in total. The van der Waals surface area contributed by atoms with Gasteiger partial charge < -0.3 is 24.9 Å². The summed E-state index contributed by atoms with van der Waals surface area (Å²) in [6.07, 6.45) is -0.126. The lowest BCUT2D eigenvalue weighted by Gasteiger charge is -2.15. The Balaban J connectivity index is 1.66. The van der Waals surface area contributed by atoms with E-state index in [2.05, 4.69) is 29.9 Å². The van der Waals surface area contributed by atoms with Crippen LogP contribution in [0.1, 0.15) is 21.6 Å². The van der Waals surface area contributed by atoms with E-state index in [1.54, 1.807) is 0 Å². The third-order valence-corrected chi connectivity index (χ3v) is 6.77. The van der Waals surface area contributed by atoms with Gasteiger partial charge in [-0.05, 0) is 41.8 Å². The van der Waals surface area contributed by atoms with Gasteiger partial charge >= 0.3 is 12.1 Å². The van der Waals surface area contributed by atoms with Gasteiger partial charge in [0.2, 0.25) is 0 Å². The molecule has 170 valence electrons. The predicted molar refractivity (Wildman–Crippen MR) is 127 cm³/mol. The van der Waals surface area contributed by atoms with Gasteiger partial charge in [0.25, 0.3) is 0 Å². The summed E-state index contributed by atoms with van der Waals surface area (Å²) >= 11 is 0. The zero-order valence-corrected chi connectivity index (χ0v) is 19.7. The molecule has 0 aliphatic rings. The molecule has 1 aromatic heterocycles. The second kappa shape index (κ2) is 10.4. The number of fused-ring (bicyclic) bond motifs is 1. The first kappa shape index (κ1) is 23.4. The third kappa shape index (κ3) is 6.62. The van der Waals surface area contributed by atoms with Crippen LogP contribution in [-0.4, -0.2) is 43.4 Å². The van der Waals surface area contributed by atoms with Gasteiger partial charge in [0.1, 0.15) is 18.1 Å². The second-order valence-electron chi connectivity index (χ2n) is 8.89. The fourth-order valence-electron chi connectivity index (χ4n) is 3.29. The molecule has 32 heavy (non-hydrogen) atoms. The van der Waals surface area contributed by atoms with E-state index in [1.807, 2.05) is 48.5 Å². The minimum Gasteiger partial charge on any atom is -0.489 e. The quantitative estimate of drug-likeness (QED) is 0.372. The molecule has 0 atom stereocenters. The summed E-state index contributed by atoms with van der Waals surface area (Å²) in [5.74, 6) is -0.391. The largest absolute Gasteiger partial charge is 0.489 e. The van der Waals surface area contributed by atoms with Crippen LogP contribution < -0.4 is 10.1 Å². The van der Waals surface area contributed by atoms with E-state index in [0.717, 1.165) is 17.0 Å². The molecular weight excluding hydrogens is 424 g/mol. The number of aromatic nitrogens is 1. The van der Waals surface area contributed by atoms with Crippen molar-refractivity contribution in [3.05, 3.63) is 65.4 Å². The highest BCUT2D eigenvalue weighted by atomic mass is 28.3. The third-order valence-electron chi connectivity index (χ3n) is 5.07. The Kier molecular flexibility index (Phi) is 7.58. The van der Waals surface area contributed by atoms with Gasteiger partial charge in [0.05, 0.1) is 6.61 Å². The fourth-order valence-corrected chi connectivity index (χ4v) is 4.00. The van der Waals surface area contributed by atoms with Gasteiger partial charge in [0, 0.05) is 25.5 Å². The number of rotatable bonds is 10. The number of hydrogen-bond acceptors (Lipinski definition) is 4. The molecule has 0 saturated carbocycles. The van der Waals surface area contributed by atoms with E-state index < -0.39 is 20.1 Å². The van der Waals surface area contributed by atoms with E-state index >= 15 is 0 Å². The molecule has 0 unspecified atom stereocenters. The average molecular weight is 455 g/mol. The Morgan fingerprint density at radius 2 is 1.84 bits per heavy atom. The Bertz CT molecular complexity index is 1070. The Hall–Kier alpha value is -3.26. The molecule has 0 saturated heterocycles. The number of amides is 1. The van der Waals surface area contributed by atoms with E-state index in [9.17, 15) is 14.7 Å². The first-order chi connectivity index (χ1) is 15.2. The summed E-state index contributed by atoms with van der Waals surface area (Å²) in [6, 6.07) is 16.2. The summed E-state index contributed by atoms with van der Waals surface area (Å²) in [5.41, 5.74) is 2.50. The molecule has 0 radical (unpaired) electrons. The number of carbonyl (C=O) groups is 2. The number of nitrogens with one attached hydrogen (secondary N) is 2. The van der Waals surface area contributed by atoms with E-state index in [0.29, 0.717) is 36.5 Å². The van der Waals surface area contributed by atoms with Crippen molar-refractivity contribution in [2.75, 3.05) is 13.2 Å². The van der Waals surface area contributed by atoms with Gasteiger partial charge in [0.15, 0.2) is 0 Å². The molecule has 0 fully saturated rings. The molecule has 0 aliphatic carbocycles. The van der Waals surface area contributed by atoms with E-state index in [4.69, 9.17) is 9.47 Å². The maximum Gasteiger partial charge on any atom is 0.407 e. The van der Waals surface area contributed by atoms with Crippen LogP contribution >= 0.6 is 0 Å². The highest BCUT2D eigenvalue weighted by Crippen LogP contribution is 2.27. The summed E-state index contributed by atoms with van der Waals surface area (Å²) in [4.78, 5) is 26.7. The maximum atomic E-state index is 12.0. The molecule has 3 aromatic rings. The number of benzene rings is 2. The van der Waals surface area contributed by atoms with Crippen molar-refractivity contribution >= 4 is 31.0 Å². The number of aromatic carboxylic acids is 1. The lowest BCUT2D eigenvalue weighted by molar-refractivity contribution is 0.0690. The van der Waals surface area contributed by atoms with Crippen LogP contribution in [0.5, 0.6) is 5.75 Å². The fraction of sp³-hybridized carbons (Fsp3) is 0.333. The normalized spacial score (nSPS) is 11.3. The maximum absolute atomic E-state index is 12.0. The molecule has 1 heterocycles. The van der Waals surface area contributed by atoms with Crippen molar-refractivity contribution in [1.82, 2.24) is 10.3 Å². The van der Waals surface area contributed by atoms with Crippen molar-refractivity contribution in [1.29, 1.82) is 0 Å². The highest BCUT2D eigenvalue weighted by Gasteiger charge is 2.18. The minimum atomic E-state index is -1.27. The predicted octanol–water partition coefficient (Wildman–Crippen LogP) is 5.05. The molecule has 8 heteroatoms. The van der Waals surface area contributed by atoms with E-state index in [1.165, 1.54) is 0 Å². The topological polar surface area (TPSA) is 101 Å². The first-order valence-corrected chi connectivity index (χ1v) is 14.4. The van der Waals surface area contributed by atoms with Crippen LogP contribution in [0, 0.1) is 0 Å². The zero-order chi connectivity index (χ0) is 23.1. The molecule has 1 amide bonds. The molecular formula is C24H30N2O5Si. The molecule has 0 bridgehead atoms. The van der Waals surface area contributed by atoms with Crippen LogP contribution in [-0.2, 0) is 17.8 Å². The van der Waals surface area contributed by atoms with Crippen molar-refractivity contribution in [2.45, 2.75) is 38.7 Å². The number of carboxylic acid groups (broad SMARTS) is 1. The van der Waals surface area contributed by atoms with Crippen LogP contribution in [0.25, 0.3) is 10.9 Å². The van der Waals surface area contributed by atoms with Gasteiger partial charge in [-0.2, -0.15) is 0 Å². The number of H-pyrrole nitrogens is 1. The summed E-state index contributed by atoms with van der Waals surface area (Å²) < 4.78 is 11.1. The van der Waals surface area contributed by atoms with Crippen LogP contribution in [0.4, 0.5) is 4.79 Å². The summed E-state index contributed by atoms with van der Waals surface area (Å²) in [7, 11) is -1.27. The molecule has 7 nitrogen and oxygen atoms in total. The lowest BCUT2D eigenvalue weighted by atomic mass is 10.1. The zero-order valence-electron chi connectivity index (χ0n) is 18.7. The number of aromatic amines is 1. The van der Waals surface area contributed by atoms with Crippen molar-refractivity contribution in [2.24, 2.45) is 0 Å². The van der Waals surface area contributed by atoms with Gasteiger partial charge in [-0.3, -0.25) is 0 Å². The minimum absolute atomic E-state index is 0.120. The second-order valence-corrected chi connectivity index (χ2v) is 14.5. The standard InChI is InChI=1S/C24H30N2O5Si/c1-32(2,3)14-13-30-24(29)25-12-11-19-20-15-18(31-16-17-7-5-4-6-8-17)9-10-21(20)26-22(19)23(27)28/h4-10,15,26H,11-14,16H2,1-3H3,(H,25,29)(H,27,28). The van der Waals surface area contributed by atoms with Crippen LogP contribution in [0.15, 0.2) is 48.5 Å². The van der Waals surface area contributed by atoms with Crippen molar-refractivity contribution < 1.29 is 24.2 Å². The number of alkyl carbamates (subject to hydrolysis) is 1. The average Bonchev–Trinajstić information content (AvgIpc) is 3.10. The SMILES string of the molecule is C[Si](C)(C)CCOC(=O)NCCc1c(C(=O)O)[nH]c2ccc(OCc3ccccc3)cc12. The molecule has 2 aromatic carbocycles. The Labute approximate surface area is 188 Å². The summed E-state index contributed by atoms with van der Waals surface area (Å²) in [6.45, 7) is 7.75. The van der Waals surface area contributed by atoms with Gasteiger partial charge in [-0.1, -0.05) is 50.0 Å². The lowest BCUT2D eigenvalue weighted by Crippen LogP contribution is -2.29. The van der Waals surface area contributed by atoms with Gasteiger partial charge in [-0.15, -0.1) is 0 Å². The Morgan fingerprint density at radius 3 is 2.53 bits per heavy atom. The first-order valence-electron chi connectivity index (χ1n) is 10.7. The molecule has 3 rings (SSSR count). The number of carbonyl (C=O) groups excluding carboxylic acids is 1. The smallest absolute Gasteiger partial charge is 0.407 e. The van der Waals surface area contributed by atoms with Gasteiger partial charge in [-0.25, -0.2) is 9.59 Å². The van der Waals surface area contributed by atoms with Crippen LogP contribution in [0.2, 0.25) is 25.7 Å². The van der Waals surface area contributed by atoms with Crippen molar-refractivity contribution in [3.63, 3.8) is 0 Å². The van der Waals surface area contributed by atoms with E-state index in [-0.39, 0.29) is 12.2 Å². The monoisotopic (exact) mass is 454 g/mol. The number of hydrogen-bond donors (Lipinski definition) is 3. The number of ether oxygens (including phenoxy) is 2. The molecule has 0 aliphatic heterocycles.